The topological polar surface area (TPSA) is 151 Å². The van der Waals surface area contributed by atoms with Crippen molar-refractivity contribution < 1.29 is 27.5 Å². The number of hydrogen-bond acceptors (Lipinski definition) is 9. The molecule has 1 saturated carbocycles. The minimum absolute atomic E-state index is 0.114. The minimum atomic E-state index is -4.29. The van der Waals surface area contributed by atoms with Gasteiger partial charge in [-0.25, -0.2) is 19.2 Å². The second-order valence-electron chi connectivity index (χ2n) is 16.2. The highest BCUT2D eigenvalue weighted by molar-refractivity contribution is 7.90. The maximum atomic E-state index is 13.0. The van der Waals surface area contributed by atoms with E-state index in [2.05, 4.69) is 42.9 Å². The number of aryl methyl sites for hydroxylation is 1. The molecule has 15 heteroatoms. The third-order valence-corrected chi connectivity index (χ3v) is 12.1. The van der Waals surface area contributed by atoms with Gasteiger partial charge in [0.2, 0.25) is 5.88 Å². The van der Waals surface area contributed by atoms with Crippen molar-refractivity contribution in [2.75, 3.05) is 13.2 Å². The first-order valence-electron chi connectivity index (χ1n) is 17.1. The molecule has 1 atom stereocenters. The number of ether oxygens (including phenoxy) is 2. The molecule has 1 N–H and O–H groups in total. The number of carbonyl (C=O) groups is 2. The van der Waals surface area contributed by atoms with Crippen LogP contribution in [0.3, 0.4) is 0 Å². The van der Waals surface area contributed by atoms with Crippen LogP contribution in [0.4, 0.5) is 4.79 Å². The van der Waals surface area contributed by atoms with Gasteiger partial charge >= 0.3 is 6.09 Å². The minimum Gasteiger partial charge on any atom is -0.477 e. The predicted octanol–water partition coefficient (Wildman–Crippen LogP) is 6.50. The Hall–Kier alpha value is -3.65. The summed E-state index contributed by atoms with van der Waals surface area (Å²) in [5.41, 5.74) is -0.427. The van der Waals surface area contributed by atoms with Crippen LogP contribution in [0.15, 0.2) is 41.7 Å². The van der Waals surface area contributed by atoms with Gasteiger partial charge < -0.3 is 14.4 Å². The van der Waals surface area contributed by atoms with Gasteiger partial charge in [0.1, 0.15) is 10.8 Å². The van der Waals surface area contributed by atoms with Crippen LogP contribution in [0, 0.1) is 22.7 Å². The van der Waals surface area contributed by atoms with Gasteiger partial charge in [0.25, 0.3) is 15.9 Å². The van der Waals surface area contributed by atoms with E-state index in [1.54, 1.807) is 23.4 Å². The molecule has 50 heavy (non-hydrogen) atoms. The molecule has 4 heterocycles. The Labute approximate surface area is 300 Å². The molecule has 0 unspecified atom stereocenters. The van der Waals surface area contributed by atoms with Gasteiger partial charge in [-0.2, -0.15) is 13.5 Å². The number of rotatable bonds is 12. The van der Waals surface area contributed by atoms with Gasteiger partial charge in [0.05, 0.1) is 12.2 Å². The highest BCUT2D eigenvalue weighted by Crippen LogP contribution is 2.69. The molecule has 3 aromatic rings. The average molecular weight is 732 g/mol. The van der Waals surface area contributed by atoms with Crippen molar-refractivity contribution in [1.82, 2.24) is 34.2 Å². The van der Waals surface area contributed by atoms with Gasteiger partial charge in [-0.15, -0.1) is 5.10 Å². The molecular formula is C35H50ClN7O6S. The molecule has 274 valence electrons. The Balaban J connectivity index is 1.11. The number of sulfonamides is 1. The standard InChI is InChI=1S/C35H50ClN7O6S/c1-32(2,3)49-31(45)42-22-23(21-33(42,4)5)11-10-17-41-18-15-28(39-41)50(46,47)40-30(44)24-12-13-26(37-29(24)36)43-19-14-27(38-43)48-20-16-25-34(6,7)35(25,8)9/h12-15,18-19,23,25H,10-11,16-17,20-22H2,1-9H3,(H,40,44)/t23-/m0/s1. The van der Waals surface area contributed by atoms with Gasteiger partial charge in [-0.3, -0.25) is 9.48 Å². The van der Waals surface area contributed by atoms with Gasteiger partial charge in [0, 0.05) is 37.1 Å². The summed E-state index contributed by atoms with van der Waals surface area (Å²) in [6.07, 6.45) is 6.24. The van der Waals surface area contributed by atoms with E-state index in [1.165, 1.54) is 27.6 Å². The lowest BCUT2D eigenvalue weighted by Gasteiger charge is -2.33. The van der Waals surface area contributed by atoms with E-state index in [0.717, 1.165) is 25.7 Å². The van der Waals surface area contributed by atoms with E-state index in [-0.39, 0.29) is 44.1 Å². The monoisotopic (exact) mass is 731 g/mol. The molecule has 1 saturated heterocycles. The average Bonchev–Trinajstić information content (AvgIpc) is 3.59. The van der Waals surface area contributed by atoms with Crippen LogP contribution in [0.25, 0.3) is 5.82 Å². The molecule has 5 rings (SSSR count). The summed E-state index contributed by atoms with van der Waals surface area (Å²) in [7, 11) is -4.29. The second-order valence-corrected chi connectivity index (χ2v) is 18.2. The largest absolute Gasteiger partial charge is 0.477 e. The van der Waals surface area contributed by atoms with Gasteiger partial charge in [-0.1, -0.05) is 39.3 Å². The molecule has 0 aromatic carbocycles. The molecule has 2 amide bonds. The lowest BCUT2D eigenvalue weighted by Crippen LogP contribution is -2.45. The van der Waals surface area contributed by atoms with E-state index in [9.17, 15) is 18.0 Å². The van der Waals surface area contributed by atoms with E-state index < -0.39 is 21.5 Å². The number of pyridine rings is 1. The SMILES string of the molecule is CC(C)(C)OC(=O)N1C[C@@H](CCCn2ccc(S(=O)(=O)NC(=O)c3ccc(-n4ccc(OCCC5C(C)(C)C5(C)C)n4)nc3Cl)n2)CC1(C)C. The summed E-state index contributed by atoms with van der Waals surface area (Å²) >= 11 is 6.33. The number of nitrogens with zero attached hydrogens (tertiary/aromatic N) is 6. The first-order valence-corrected chi connectivity index (χ1v) is 18.9. The number of aromatic nitrogens is 5. The molecule has 0 spiro atoms. The molecule has 3 aromatic heterocycles. The Kier molecular flexibility index (Phi) is 10.1. The van der Waals surface area contributed by atoms with Crippen molar-refractivity contribution >= 4 is 33.6 Å². The highest BCUT2D eigenvalue weighted by atomic mass is 35.5. The molecule has 2 aliphatic rings. The Morgan fingerprint density at radius 3 is 2.34 bits per heavy atom. The van der Waals surface area contributed by atoms with E-state index in [0.29, 0.717) is 37.3 Å². The summed E-state index contributed by atoms with van der Waals surface area (Å²) in [4.78, 5) is 31.8. The fourth-order valence-electron chi connectivity index (χ4n) is 7.17. The molecule has 2 fully saturated rings. The molecule has 0 radical (unpaired) electrons. The fourth-order valence-corrected chi connectivity index (χ4v) is 8.32. The van der Waals surface area contributed by atoms with Crippen LogP contribution in [0.1, 0.15) is 98.4 Å². The van der Waals surface area contributed by atoms with Crippen LogP contribution in [0.5, 0.6) is 5.88 Å². The molecule has 1 aliphatic carbocycles. The molecular weight excluding hydrogens is 682 g/mol. The third kappa shape index (κ3) is 8.11. The number of likely N-dealkylation sites (tertiary alicyclic amines) is 1. The number of amides is 2. The van der Waals surface area contributed by atoms with Crippen molar-refractivity contribution in [3.05, 3.63) is 47.4 Å². The summed E-state index contributed by atoms with van der Waals surface area (Å²) in [5.74, 6) is 0.709. The smallest absolute Gasteiger partial charge is 0.410 e. The molecule has 13 nitrogen and oxygen atoms in total. The van der Waals surface area contributed by atoms with Crippen LogP contribution in [-0.4, -0.2) is 74.2 Å². The summed E-state index contributed by atoms with van der Waals surface area (Å²) < 4.78 is 42.6. The van der Waals surface area contributed by atoms with Crippen LogP contribution < -0.4 is 9.46 Å². The first kappa shape index (κ1) is 37.6. The zero-order chi connectivity index (χ0) is 36.9. The van der Waals surface area contributed by atoms with E-state index in [4.69, 9.17) is 21.1 Å². The molecule has 1 aliphatic heterocycles. The summed E-state index contributed by atoms with van der Waals surface area (Å²) in [6.45, 7) is 20.4. The first-order chi connectivity index (χ1) is 23.1. The van der Waals surface area contributed by atoms with Gasteiger partial charge in [-0.05, 0) is 101 Å². The number of hydrogen-bond donors (Lipinski definition) is 1. The van der Waals surface area contributed by atoms with Crippen LogP contribution in [0.2, 0.25) is 5.15 Å². The maximum absolute atomic E-state index is 13.0. The summed E-state index contributed by atoms with van der Waals surface area (Å²) in [5, 5.41) is 8.12. The molecule has 0 bridgehead atoms. The Morgan fingerprint density at radius 2 is 1.70 bits per heavy atom. The zero-order valence-corrected chi connectivity index (χ0v) is 32.1. The highest BCUT2D eigenvalue weighted by Gasteiger charge is 2.63. The second kappa shape index (κ2) is 13.5. The number of carbonyl (C=O) groups excluding carboxylic acids is 2. The normalized spacial score (nSPS) is 19.7. The Morgan fingerprint density at radius 1 is 1.00 bits per heavy atom. The maximum Gasteiger partial charge on any atom is 0.410 e. The summed E-state index contributed by atoms with van der Waals surface area (Å²) in [6, 6.07) is 5.97. The number of halogens is 1. The Bertz CT molecular complexity index is 1830. The van der Waals surface area contributed by atoms with Crippen molar-refractivity contribution in [2.45, 2.75) is 111 Å². The van der Waals surface area contributed by atoms with Crippen molar-refractivity contribution in [2.24, 2.45) is 22.7 Å². The lowest BCUT2D eigenvalue weighted by molar-refractivity contribution is 0.0130. The van der Waals surface area contributed by atoms with Gasteiger partial charge in [0.15, 0.2) is 10.8 Å². The van der Waals surface area contributed by atoms with Crippen LogP contribution >= 0.6 is 11.6 Å². The quantitative estimate of drug-likeness (QED) is 0.206. The predicted molar refractivity (Wildman–Crippen MR) is 189 cm³/mol. The van der Waals surface area contributed by atoms with Crippen LogP contribution in [-0.2, 0) is 21.3 Å². The van der Waals surface area contributed by atoms with Crippen molar-refractivity contribution in [3.63, 3.8) is 0 Å². The fraction of sp³-hybridized carbons (Fsp3) is 0.629. The van der Waals surface area contributed by atoms with E-state index >= 15 is 0 Å². The van der Waals surface area contributed by atoms with Crippen molar-refractivity contribution in [1.29, 1.82) is 0 Å². The van der Waals surface area contributed by atoms with E-state index in [1.807, 2.05) is 39.3 Å². The third-order valence-electron chi connectivity index (χ3n) is 10.5. The number of nitrogens with one attached hydrogen (secondary N) is 1. The zero-order valence-electron chi connectivity index (χ0n) is 30.5. The van der Waals surface area contributed by atoms with Crippen molar-refractivity contribution in [3.8, 4) is 11.7 Å². The lowest BCUT2D eigenvalue weighted by atomic mass is 9.93.